The Morgan fingerprint density at radius 2 is 1.56 bits per heavy atom. The van der Waals surface area contributed by atoms with Crippen molar-refractivity contribution in [3.8, 4) is 5.75 Å². The lowest BCUT2D eigenvalue weighted by atomic mass is 10.1. The molecule has 1 heterocycles. The van der Waals surface area contributed by atoms with Crippen molar-refractivity contribution in [1.29, 1.82) is 0 Å². The third-order valence-corrected chi connectivity index (χ3v) is 8.57. The summed E-state index contributed by atoms with van der Waals surface area (Å²) in [6.07, 6.45) is 0. The van der Waals surface area contributed by atoms with Crippen molar-refractivity contribution in [3.05, 3.63) is 89.5 Å². The molecule has 36 heavy (non-hydrogen) atoms. The molecule has 4 rings (SSSR count). The van der Waals surface area contributed by atoms with Gasteiger partial charge in [-0.1, -0.05) is 42.5 Å². The lowest BCUT2D eigenvalue weighted by Gasteiger charge is -2.37. The van der Waals surface area contributed by atoms with Gasteiger partial charge in [0.15, 0.2) is 0 Å². The Balaban J connectivity index is 1.50. The predicted molar refractivity (Wildman–Crippen MR) is 142 cm³/mol. The minimum atomic E-state index is -3.90. The molecule has 0 atom stereocenters. The summed E-state index contributed by atoms with van der Waals surface area (Å²) in [4.78, 5) is 17.5. The van der Waals surface area contributed by atoms with Gasteiger partial charge in [-0.15, -0.1) is 0 Å². The number of anilines is 1. The number of sulfonamides is 1. The monoisotopic (exact) mass is 507 g/mol. The number of hydrogen-bond donors (Lipinski definition) is 0. The Bertz CT molecular complexity index is 1290. The molecule has 0 aliphatic carbocycles. The SMILES string of the molecule is COc1ccc(S(=O)(=O)N(CC(=O)N2CCN(c3cccc(C)c3C)CC2)Cc2ccccc2)cc1. The fourth-order valence-electron chi connectivity index (χ4n) is 4.44. The molecule has 0 bridgehead atoms. The minimum Gasteiger partial charge on any atom is -0.497 e. The smallest absolute Gasteiger partial charge is 0.243 e. The van der Waals surface area contributed by atoms with E-state index in [1.165, 1.54) is 40.4 Å². The number of aryl methyl sites for hydroxylation is 1. The number of nitrogens with zero attached hydrogens (tertiary/aromatic N) is 3. The van der Waals surface area contributed by atoms with E-state index in [4.69, 9.17) is 4.74 Å². The molecule has 0 spiro atoms. The number of piperazine rings is 1. The molecule has 0 aromatic heterocycles. The van der Waals surface area contributed by atoms with Gasteiger partial charge in [-0.3, -0.25) is 4.79 Å². The summed E-state index contributed by atoms with van der Waals surface area (Å²) in [5.41, 5.74) is 4.50. The second-order valence-corrected chi connectivity index (χ2v) is 11.0. The number of hydrogen-bond acceptors (Lipinski definition) is 5. The minimum absolute atomic E-state index is 0.114. The summed E-state index contributed by atoms with van der Waals surface area (Å²) < 4.78 is 33.6. The lowest BCUT2D eigenvalue weighted by molar-refractivity contribution is -0.131. The molecule has 3 aromatic rings. The van der Waals surface area contributed by atoms with Crippen LogP contribution in [0.4, 0.5) is 5.69 Å². The average Bonchev–Trinajstić information content (AvgIpc) is 2.90. The summed E-state index contributed by atoms with van der Waals surface area (Å²) in [6.45, 7) is 6.63. The molecule has 1 aliphatic rings. The van der Waals surface area contributed by atoms with Crippen molar-refractivity contribution < 1.29 is 17.9 Å². The van der Waals surface area contributed by atoms with Crippen LogP contribution in [0.5, 0.6) is 5.75 Å². The normalized spacial score (nSPS) is 14.2. The topological polar surface area (TPSA) is 70.2 Å². The Morgan fingerprint density at radius 1 is 0.889 bits per heavy atom. The van der Waals surface area contributed by atoms with E-state index in [1.807, 2.05) is 30.3 Å². The molecule has 3 aromatic carbocycles. The summed E-state index contributed by atoms with van der Waals surface area (Å²) in [6, 6.07) is 21.9. The van der Waals surface area contributed by atoms with Gasteiger partial charge in [0.05, 0.1) is 18.6 Å². The fraction of sp³-hybridized carbons (Fsp3) is 0.321. The lowest BCUT2D eigenvalue weighted by Crippen LogP contribution is -2.52. The maximum absolute atomic E-state index is 13.6. The number of ether oxygens (including phenoxy) is 1. The van der Waals surface area contributed by atoms with Gasteiger partial charge < -0.3 is 14.5 Å². The predicted octanol–water partition coefficient (Wildman–Crippen LogP) is 3.85. The summed E-state index contributed by atoms with van der Waals surface area (Å²) in [5, 5.41) is 0. The largest absolute Gasteiger partial charge is 0.497 e. The third kappa shape index (κ3) is 5.71. The average molecular weight is 508 g/mol. The van der Waals surface area contributed by atoms with E-state index in [2.05, 4.69) is 36.9 Å². The summed E-state index contributed by atoms with van der Waals surface area (Å²) >= 11 is 0. The van der Waals surface area contributed by atoms with Crippen LogP contribution in [0.25, 0.3) is 0 Å². The number of rotatable bonds is 8. The molecule has 0 N–H and O–H groups in total. The Labute approximate surface area is 214 Å². The second-order valence-electron chi connectivity index (χ2n) is 9.02. The molecule has 1 amide bonds. The molecule has 0 unspecified atom stereocenters. The van der Waals surface area contributed by atoms with E-state index in [0.29, 0.717) is 31.9 Å². The molecule has 0 radical (unpaired) electrons. The highest BCUT2D eigenvalue weighted by Crippen LogP contribution is 2.25. The maximum atomic E-state index is 13.6. The Morgan fingerprint density at radius 3 is 2.19 bits per heavy atom. The highest BCUT2D eigenvalue weighted by molar-refractivity contribution is 7.89. The zero-order chi connectivity index (χ0) is 25.7. The molecule has 0 saturated carbocycles. The van der Waals surface area contributed by atoms with Gasteiger partial charge in [0.25, 0.3) is 0 Å². The van der Waals surface area contributed by atoms with Crippen LogP contribution in [0.3, 0.4) is 0 Å². The molecule has 1 aliphatic heterocycles. The Kier molecular flexibility index (Phi) is 7.96. The summed E-state index contributed by atoms with van der Waals surface area (Å²) in [5.74, 6) is 0.380. The number of benzene rings is 3. The fourth-order valence-corrected chi connectivity index (χ4v) is 5.81. The van der Waals surface area contributed by atoms with E-state index in [9.17, 15) is 13.2 Å². The summed E-state index contributed by atoms with van der Waals surface area (Å²) in [7, 11) is -2.37. The molecule has 8 heteroatoms. The Hall–Kier alpha value is -3.36. The van der Waals surface area contributed by atoms with Crippen LogP contribution in [0.15, 0.2) is 77.7 Å². The van der Waals surface area contributed by atoms with Crippen molar-refractivity contribution in [2.45, 2.75) is 25.3 Å². The quantitative estimate of drug-likeness (QED) is 0.463. The standard InChI is InChI=1S/C28H33N3O4S/c1-22-8-7-11-27(23(22)2)29-16-18-30(19-17-29)28(32)21-31(20-24-9-5-4-6-10-24)36(33,34)26-14-12-25(35-3)13-15-26/h4-15H,16-21H2,1-3H3. The molecule has 1 saturated heterocycles. The van der Waals surface area contributed by atoms with Crippen LogP contribution >= 0.6 is 0 Å². The van der Waals surface area contributed by atoms with E-state index >= 15 is 0 Å². The third-order valence-electron chi connectivity index (χ3n) is 6.76. The molecule has 190 valence electrons. The molecule has 7 nitrogen and oxygen atoms in total. The van der Waals surface area contributed by atoms with Crippen molar-refractivity contribution in [2.75, 3.05) is 44.7 Å². The highest BCUT2D eigenvalue weighted by Gasteiger charge is 2.30. The van der Waals surface area contributed by atoms with Gasteiger partial charge in [-0.05, 0) is 60.9 Å². The van der Waals surface area contributed by atoms with Gasteiger partial charge in [0.1, 0.15) is 5.75 Å². The van der Waals surface area contributed by atoms with E-state index < -0.39 is 10.0 Å². The maximum Gasteiger partial charge on any atom is 0.243 e. The molecular weight excluding hydrogens is 474 g/mol. The first kappa shape index (κ1) is 25.7. The number of amides is 1. The van der Waals surface area contributed by atoms with Crippen LogP contribution < -0.4 is 9.64 Å². The molecular formula is C28H33N3O4S. The second kappa shape index (κ2) is 11.1. The van der Waals surface area contributed by atoms with Crippen LogP contribution in [0.2, 0.25) is 0 Å². The zero-order valence-electron chi connectivity index (χ0n) is 21.1. The number of methoxy groups -OCH3 is 1. The van der Waals surface area contributed by atoms with Crippen LogP contribution in [0.1, 0.15) is 16.7 Å². The number of carbonyl (C=O) groups is 1. The van der Waals surface area contributed by atoms with Gasteiger partial charge in [0, 0.05) is 38.4 Å². The molecule has 1 fully saturated rings. The van der Waals surface area contributed by atoms with E-state index in [0.717, 1.165) is 5.56 Å². The van der Waals surface area contributed by atoms with Crippen molar-refractivity contribution in [3.63, 3.8) is 0 Å². The van der Waals surface area contributed by atoms with E-state index in [1.54, 1.807) is 17.0 Å². The zero-order valence-corrected chi connectivity index (χ0v) is 21.9. The first-order chi connectivity index (χ1) is 17.3. The van der Waals surface area contributed by atoms with Crippen LogP contribution in [-0.2, 0) is 21.4 Å². The first-order valence-corrected chi connectivity index (χ1v) is 13.5. The van der Waals surface area contributed by atoms with Crippen LogP contribution in [0, 0.1) is 13.8 Å². The van der Waals surface area contributed by atoms with Gasteiger partial charge in [0.2, 0.25) is 15.9 Å². The van der Waals surface area contributed by atoms with Crippen LogP contribution in [-0.4, -0.2) is 63.4 Å². The highest BCUT2D eigenvalue weighted by atomic mass is 32.2. The van der Waals surface area contributed by atoms with Gasteiger partial charge in [-0.2, -0.15) is 4.31 Å². The first-order valence-electron chi connectivity index (χ1n) is 12.1. The van der Waals surface area contributed by atoms with Crippen molar-refractivity contribution in [1.82, 2.24) is 9.21 Å². The van der Waals surface area contributed by atoms with Crippen molar-refractivity contribution in [2.24, 2.45) is 0 Å². The van der Waals surface area contributed by atoms with E-state index in [-0.39, 0.29) is 23.9 Å². The van der Waals surface area contributed by atoms with Crippen molar-refractivity contribution >= 4 is 21.6 Å². The van der Waals surface area contributed by atoms with Gasteiger partial charge >= 0.3 is 0 Å². The van der Waals surface area contributed by atoms with Gasteiger partial charge in [-0.25, -0.2) is 8.42 Å². The number of carbonyl (C=O) groups excluding carboxylic acids is 1.